The fourth-order valence-corrected chi connectivity index (χ4v) is 3.51. The number of ether oxygens (including phenoxy) is 2. The van der Waals surface area contributed by atoms with Gasteiger partial charge in [-0.2, -0.15) is 0 Å². The van der Waals surface area contributed by atoms with Gasteiger partial charge in [0.25, 0.3) is 5.91 Å². The lowest BCUT2D eigenvalue weighted by Gasteiger charge is -2.34. The highest BCUT2D eigenvalue weighted by atomic mass is 16.5. The number of nitrogens with zero attached hydrogens (tertiary/aromatic N) is 3. The molecule has 2 aromatic rings. The van der Waals surface area contributed by atoms with Gasteiger partial charge in [-0.1, -0.05) is 12.1 Å². The van der Waals surface area contributed by atoms with Crippen molar-refractivity contribution < 1.29 is 19.1 Å². The molecule has 1 saturated heterocycles. The maximum absolute atomic E-state index is 12.7. The molecule has 1 aromatic heterocycles. The summed E-state index contributed by atoms with van der Waals surface area (Å²) >= 11 is 0. The number of anilines is 1. The van der Waals surface area contributed by atoms with Crippen LogP contribution in [0.15, 0.2) is 30.5 Å². The number of aromatic nitrogens is 2. The van der Waals surface area contributed by atoms with E-state index in [2.05, 4.69) is 15.3 Å². The minimum atomic E-state index is -0.311. The van der Waals surface area contributed by atoms with Crippen LogP contribution in [0.3, 0.4) is 0 Å². The van der Waals surface area contributed by atoms with Crippen molar-refractivity contribution in [2.75, 3.05) is 32.7 Å². The third-order valence-electron chi connectivity index (χ3n) is 4.99. The summed E-state index contributed by atoms with van der Waals surface area (Å²) in [4.78, 5) is 35.9. The molecule has 2 heterocycles. The minimum Gasteiger partial charge on any atom is -0.495 e. The Morgan fingerprint density at radius 1 is 1.24 bits per heavy atom. The van der Waals surface area contributed by atoms with Crippen LogP contribution in [0.25, 0.3) is 0 Å². The molecular formula is C21H26N4O4. The highest BCUT2D eigenvalue weighted by Crippen LogP contribution is 2.29. The predicted molar refractivity (Wildman–Crippen MR) is 108 cm³/mol. The molecule has 1 aromatic carbocycles. The Hall–Kier alpha value is -3.00. The van der Waals surface area contributed by atoms with Crippen LogP contribution in [-0.2, 0) is 9.53 Å². The van der Waals surface area contributed by atoms with Gasteiger partial charge in [0.15, 0.2) is 5.82 Å². The van der Waals surface area contributed by atoms with Crippen LogP contribution in [0.1, 0.15) is 47.2 Å². The summed E-state index contributed by atoms with van der Waals surface area (Å²) in [5.74, 6) is 0.747. The van der Waals surface area contributed by atoms with Gasteiger partial charge < -0.3 is 19.7 Å². The molecule has 2 amide bonds. The monoisotopic (exact) mass is 398 g/mol. The number of methoxy groups -OCH3 is 2. The summed E-state index contributed by atoms with van der Waals surface area (Å²) in [7, 11) is 3.06. The van der Waals surface area contributed by atoms with Crippen LogP contribution in [0.5, 0.6) is 5.75 Å². The second-order valence-corrected chi connectivity index (χ2v) is 6.91. The van der Waals surface area contributed by atoms with Crippen LogP contribution < -0.4 is 10.1 Å². The fourth-order valence-electron chi connectivity index (χ4n) is 3.51. The Balaban J connectivity index is 1.80. The molecule has 29 heavy (non-hydrogen) atoms. The van der Waals surface area contributed by atoms with Crippen LogP contribution in [-0.4, -0.2) is 54.1 Å². The van der Waals surface area contributed by atoms with E-state index < -0.39 is 0 Å². The zero-order valence-corrected chi connectivity index (χ0v) is 17.0. The van der Waals surface area contributed by atoms with E-state index in [0.29, 0.717) is 35.1 Å². The van der Waals surface area contributed by atoms with E-state index in [-0.39, 0.29) is 24.5 Å². The van der Waals surface area contributed by atoms with Crippen molar-refractivity contribution in [1.29, 1.82) is 0 Å². The van der Waals surface area contributed by atoms with Gasteiger partial charge in [0, 0.05) is 19.9 Å². The van der Waals surface area contributed by atoms with Gasteiger partial charge in [-0.05, 0) is 38.3 Å². The number of nitrogens with one attached hydrogen (secondary N) is 1. The zero-order valence-electron chi connectivity index (χ0n) is 17.0. The van der Waals surface area contributed by atoms with Gasteiger partial charge >= 0.3 is 0 Å². The van der Waals surface area contributed by atoms with Gasteiger partial charge in [0.2, 0.25) is 5.91 Å². The molecule has 1 fully saturated rings. The van der Waals surface area contributed by atoms with Crippen molar-refractivity contribution in [2.45, 2.75) is 32.2 Å². The van der Waals surface area contributed by atoms with Crippen LogP contribution >= 0.6 is 0 Å². The number of hydrogen-bond donors (Lipinski definition) is 1. The first-order chi connectivity index (χ1) is 14.0. The number of aryl methyl sites for hydroxylation is 1. The largest absolute Gasteiger partial charge is 0.495 e. The van der Waals surface area contributed by atoms with Gasteiger partial charge in [-0.15, -0.1) is 0 Å². The molecule has 0 bridgehead atoms. The number of hydrogen-bond acceptors (Lipinski definition) is 6. The first-order valence-corrected chi connectivity index (χ1v) is 9.61. The van der Waals surface area contributed by atoms with Gasteiger partial charge in [-0.3, -0.25) is 9.59 Å². The summed E-state index contributed by atoms with van der Waals surface area (Å²) in [5, 5.41) is 2.84. The number of piperidine rings is 1. The van der Waals surface area contributed by atoms with E-state index in [1.165, 1.54) is 13.3 Å². The number of para-hydroxylation sites is 2. The number of amides is 2. The molecule has 3 rings (SSSR count). The van der Waals surface area contributed by atoms with Crippen LogP contribution in [0.2, 0.25) is 0 Å². The van der Waals surface area contributed by atoms with Gasteiger partial charge in [-0.25, -0.2) is 9.97 Å². The average molecular weight is 398 g/mol. The normalized spacial score (nSPS) is 16.4. The first kappa shape index (κ1) is 20.7. The van der Waals surface area contributed by atoms with E-state index in [4.69, 9.17) is 9.47 Å². The number of carbonyl (C=O) groups excluding carboxylic acids is 2. The highest BCUT2D eigenvalue weighted by Gasteiger charge is 2.30. The molecule has 1 N–H and O–H groups in total. The van der Waals surface area contributed by atoms with Gasteiger partial charge in [0.1, 0.15) is 12.4 Å². The molecule has 1 atom stereocenters. The molecule has 8 heteroatoms. The Kier molecular flexibility index (Phi) is 6.77. The molecule has 0 saturated carbocycles. The average Bonchev–Trinajstić information content (AvgIpc) is 2.74. The second-order valence-electron chi connectivity index (χ2n) is 6.91. The van der Waals surface area contributed by atoms with Crippen molar-refractivity contribution in [3.63, 3.8) is 0 Å². The fraction of sp³-hybridized carbons (Fsp3) is 0.429. The molecule has 0 spiro atoms. The minimum absolute atomic E-state index is 0.0366. The topological polar surface area (TPSA) is 93.7 Å². The Morgan fingerprint density at radius 3 is 2.76 bits per heavy atom. The molecule has 8 nitrogen and oxygen atoms in total. The third-order valence-corrected chi connectivity index (χ3v) is 4.99. The Labute approximate surface area is 170 Å². The predicted octanol–water partition coefficient (Wildman–Crippen LogP) is 2.75. The summed E-state index contributed by atoms with van der Waals surface area (Å²) < 4.78 is 10.3. The molecule has 1 aliphatic heterocycles. The second kappa shape index (κ2) is 9.47. The number of likely N-dealkylation sites (tertiary alicyclic amines) is 1. The molecule has 0 aliphatic carbocycles. The van der Waals surface area contributed by atoms with E-state index in [1.54, 1.807) is 31.1 Å². The Morgan fingerprint density at radius 2 is 2.03 bits per heavy atom. The quantitative estimate of drug-likeness (QED) is 0.804. The zero-order chi connectivity index (χ0) is 20.8. The lowest BCUT2D eigenvalue weighted by molar-refractivity contribution is -0.139. The first-order valence-electron chi connectivity index (χ1n) is 9.61. The maximum Gasteiger partial charge on any atom is 0.259 e. The maximum atomic E-state index is 12.7. The Bertz CT molecular complexity index is 887. The number of benzene rings is 1. The van der Waals surface area contributed by atoms with E-state index in [1.807, 2.05) is 12.1 Å². The van der Waals surface area contributed by atoms with Crippen molar-refractivity contribution >= 4 is 17.5 Å². The lowest BCUT2D eigenvalue weighted by Crippen LogP contribution is -2.41. The molecular weight excluding hydrogens is 372 g/mol. The van der Waals surface area contributed by atoms with E-state index in [9.17, 15) is 9.59 Å². The lowest BCUT2D eigenvalue weighted by atomic mass is 10.0. The smallest absolute Gasteiger partial charge is 0.259 e. The summed E-state index contributed by atoms with van der Waals surface area (Å²) in [5.41, 5.74) is 1.52. The number of rotatable bonds is 6. The molecule has 0 unspecified atom stereocenters. The van der Waals surface area contributed by atoms with Crippen molar-refractivity contribution in [3.05, 3.63) is 47.5 Å². The van der Waals surface area contributed by atoms with Crippen molar-refractivity contribution in [2.24, 2.45) is 0 Å². The van der Waals surface area contributed by atoms with Crippen LogP contribution in [0, 0.1) is 6.92 Å². The van der Waals surface area contributed by atoms with Gasteiger partial charge in [0.05, 0.1) is 30.1 Å². The highest BCUT2D eigenvalue weighted by molar-refractivity contribution is 6.05. The summed E-state index contributed by atoms with van der Waals surface area (Å²) in [6.45, 7) is 2.46. The molecule has 0 radical (unpaired) electrons. The van der Waals surface area contributed by atoms with E-state index in [0.717, 1.165) is 19.3 Å². The summed E-state index contributed by atoms with van der Waals surface area (Å²) in [6, 6.07) is 6.99. The third kappa shape index (κ3) is 4.71. The molecule has 1 aliphatic rings. The summed E-state index contributed by atoms with van der Waals surface area (Å²) in [6.07, 6.45) is 4.27. The van der Waals surface area contributed by atoms with Crippen molar-refractivity contribution in [1.82, 2.24) is 14.9 Å². The standard InChI is InChI=1S/C21H26N4O4/c1-14-15(21(27)24-16-8-4-5-10-18(16)29-3)12-22-20(23-14)17-9-6-7-11-25(17)19(26)13-28-2/h4-5,8,10,12,17H,6-7,9,11,13H2,1-3H3,(H,24,27)/t17-/m0/s1. The molecule has 154 valence electrons. The SMILES string of the molecule is COCC(=O)N1CCCC[C@H]1c1ncc(C(=O)Nc2ccccc2OC)c(C)n1. The van der Waals surface area contributed by atoms with Crippen molar-refractivity contribution in [3.8, 4) is 5.75 Å². The number of carbonyl (C=O) groups is 2. The van der Waals surface area contributed by atoms with Crippen LogP contribution in [0.4, 0.5) is 5.69 Å². The van der Waals surface area contributed by atoms with E-state index >= 15 is 0 Å².